The summed E-state index contributed by atoms with van der Waals surface area (Å²) in [6.07, 6.45) is 0. The number of benzene rings is 3. The van der Waals surface area contributed by atoms with Gasteiger partial charge in [-0.15, -0.1) is 0 Å². The molecule has 6 nitrogen and oxygen atoms in total. The summed E-state index contributed by atoms with van der Waals surface area (Å²) in [6, 6.07) is 20.4. The first kappa shape index (κ1) is 23.6. The molecule has 0 saturated heterocycles. The van der Waals surface area contributed by atoms with Crippen molar-refractivity contribution in [3.05, 3.63) is 83.4 Å². The van der Waals surface area contributed by atoms with Gasteiger partial charge in [0.15, 0.2) is 0 Å². The summed E-state index contributed by atoms with van der Waals surface area (Å²) in [5, 5.41) is 2.99. The van der Waals surface area contributed by atoms with Crippen LogP contribution >= 0.6 is 11.6 Å². The predicted molar refractivity (Wildman–Crippen MR) is 131 cm³/mol. The molecule has 0 aliphatic heterocycles. The molecule has 1 amide bonds. The van der Waals surface area contributed by atoms with E-state index in [1.54, 1.807) is 37.3 Å². The maximum Gasteiger partial charge on any atom is 0.264 e. The van der Waals surface area contributed by atoms with E-state index in [9.17, 15) is 13.2 Å². The van der Waals surface area contributed by atoms with Gasteiger partial charge in [-0.3, -0.25) is 9.10 Å². The Morgan fingerprint density at radius 2 is 1.59 bits per heavy atom. The third kappa shape index (κ3) is 5.06. The second kappa shape index (κ2) is 10.1. The van der Waals surface area contributed by atoms with E-state index in [-0.39, 0.29) is 22.0 Å². The number of carbonyl (C=O) groups excluding carboxylic acids is 1. The summed E-state index contributed by atoms with van der Waals surface area (Å²) in [4.78, 5) is 15.0. The zero-order chi connectivity index (χ0) is 23.3. The number of hydrogen-bond acceptors (Lipinski definition) is 4. The van der Waals surface area contributed by atoms with Gasteiger partial charge in [0.2, 0.25) is 0 Å². The number of sulfonamides is 1. The van der Waals surface area contributed by atoms with Gasteiger partial charge in [-0.25, -0.2) is 8.42 Å². The van der Waals surface area contributed by atoms with Gasteiger partial charge in [0.1, 0.15) is 0 Å². The number of anilines is 3. The van der Waals surface area contributed by atoms with Crippen LogP contribution in [0.4, 0.5) is 17.1 Å². The minimum Gasteiger partial charge on any atom is -0.375 e. The van der Waals surface area contributed by atoms with Crippen LogP contribution in [0.1, 0.15) is 24.2 Å². The molecule has 1 N–H and O–H groups in total. The molecule has 0 heterocycles. The topological polar surface area (TPSA) is 69.7 Å². The van der Waals surface area contributed by atoms with Crippen LogP contribution in [0.2, 0.25) is 5.02 Å². The van der Waals surface area contributed by atoms with Gasteiger partial charge >= 0.3 is 0 Å². The molecule has 0 spiro atoms. The van der Waals surface area contributed by atoms with E-state index >= 15 is 0 Å². The largest absolute Gasteiger partial charge is 0.375 e. The van der Waals surface area contributed by atoms with Crippen molar-refractivity contribution in [3.63, 3.8) is 0 Å². The van der Waals surface area contributed by atoms with E-state index in [4.69, 9.17) is 11.6 Å². The molecular weight excluding hydrogens is 446 g/mol. The lowest BCUT2D eigenvalue weighted by molar-refractivity contribution is 0.102. The normalized spacial score (nSPS) is 11.1. The van der Waals surface area contributed by atoms with Crippen molar-refractivity contribution in [3.8, 4) is 0 Å². The number of nitrogens with one attached hydrogen (secondary N) is 1. The van der Waals surface area contributed by atoms with Crippen LogP contribution < -0.4 is 14.5 Å². The third-order valence-corrected chi connectivity index (χ3v) is 7.35. The average Bonchev–Trinajstić information content (AvgIpc) is 2.79. The molecule has 0 saturated carbocycles. The lowest BCUT2D eigenvalue weighted by Gasteiger charge is -2.23. The fourth-order valence-electron chi connectivity index (χ4n) is 3.25. The van der Waals surface area contributed by atoms with E-state index in [0.717, 1.165) is 12.2 Å². The highest BCUT2D eigenvalue weighted by Crippen LogP contribution is 2.27. The van der Waals surface area contributed by atoms with Crippen molar-refractivity contribution < 1.29 is 13.2 Å². The van der Waals surface area contributed by atoms with E-state index < -0.39 is 15.9 Å². The van der Waals surface area contributed by atoms with Crippen LogP contribution in [0.3, 0.4) is 0 Å². The molecule has 3 aromatic rings. The summed E-state index contributed by atoms with van der Waals surface area (Å²) in [6.45, 7) is 4.85. The first-order valence-corrected chi connectivity index (χ1v) is 12.1. The number of nitrogens with zero attached hydrogens (tertiary/aromatic N) is 2. The standard InChI is InChI=1S/C24H26ClN3O3S/c1-4-27(3)20-13-9-10-18(16-20)26-24(29)22-17-21(14-15-23(22)25)32(30,31)28(5-2)19-11-7-6-8-12-19/h6-17H,4-5H2,1-3H3,(H,26,29). The summed E-state index contributed by atoms with van der Waals surface area (Å²) < 4.78 is 27.9. The van der Waals surface area contributed by atoms with E-state index in [0.29, 0.717) is 11.4 Å². The lowest BCUT2D eigenvalue weighted by atomic mass is 10.2. The van der Waals surface area contributed by atoms with Crippen LogP contribution in [0, 0.1) is 0 Å². The first-order chi connectivity index (χ1) is 15.3. The van der Waals surface area contributed by atoms with Gasteiger partial charge in [-0.2, -0.15) is 0 Å². The molecule has 8 heteroatoms. The quantitative estimate of drug-likeness (QED) is 0.486. The minimum atomic E-state index is -3.88. The second-order valence-electron chi connectivity index (χ2n) is 7.17. The minimum absolute atomic E-state index is 0.00257. The van der Waals surface area contributed by atoms with Crippen LogP contribution in [0.25, 0.3) is 0 Å². The molecule has 168 valence electrons. The molecule has 0 aliphatic rings. The lowest BCUT2D eigenvalue weighted by Crippen LogP contribution is -2.31. The maximum atomic E-state index is 13.3. The molecule has 0 radical (unpaired) electrons. The van der Waals surface area contributed by atoms with Gasteiger partial charge in [0.25, 0.3) is 15.9 Å². The Morgan fingerprint density at radius 3 is 2.25 bits per heavy atom. The molecule has 0 aliphatic carbocycles. The van der Waals surface area contributed by atoms with Crippen LogP contribution in [0.15, 0.2) is 77.7 Å². The Labute approximate surface area is 194 Å². The van der Waals surface area contributed by atoms with Gasteiger partial charge in [-0.1, -0.05) is 35.9 Å². The van der Waals surface area contributed by atoms with Crippen molar-refractivity contribution >= 4 is 44.6 Å². The van der Waals surface area contributed by atoms with Crippen molar-refractivity contribution in [1.82, 2.24) is 0 Å². The molecule has 3 rings (SSSR count). The van der Waals surface area contributed by atoms with Gasteiger partial charge < -0.3 is 10.2 Å². The zero-order valence-electron chi connectivity index (χ0n) is 18.2. The van der Waals surface area contributed by atoms with Crippen molar-refractivity contribution in [2.24, 2.45) is 0 Å². The first-order valence-electron chi connectivity index (χ1n) is 10.3. The van der Waals surface area contributed by atoms with Gasteiger partial charge in [-0.05, 0) is 62.4 Å². The maximum absolute atomic E-state index is 13.3. The Balaban J connectivity index is 1.92. The highest BCUT2D eigenvalue weighted by atomic mass is 35.5. The summed E-state index contributed by atoms with van der Waals surface area (Å²) in [5.74, 6) is -0.480. The predicted octanol–water partition coefficient (Wildman–Crippen LogP) is 5.26. The molecule has 0 fully saturated rings. The number of amides is 1. The molecule has 0 atom stereocenters. The van der Waals surface area contributed by atoms with Crippen LogP contribution in [-0.4, -0.2) is 34.5 Å². The fourth-order valence-corrected chi connectivity index (χ4v) is 4.96. The van der Waals surface area contributed by atoms with Gasteiger partial charge in [0, 0.05) is 31.5 Å². The summed E-state index contributed by atoms with van der Waals surface area (Å²) in [7, 11) is -1.93. The monoisotopic (exact) mass is 471 g/mol. The molecule has 3 aromatic carbocycles. The number of rotatable bonds is 8. The Hall–Kier alpha value is -3.03. The average molecular weight is 472 g/mol. The van der Waals surface area contributed by atoms with Crippen molar-refractivity contribution in [2.45, 2.75) is 18.7 Å². The van der Waals surface area contributed by atoms with Crippen LogP contribution in [-0.2, 0) is 10.0 Å². The van der Waals surface area contributed by atoms with E-state index in [2.05, 4.69) is 5.32 Å². The molecular formula is C24H26ClN3O3S. The highest BCUT2D eigenvalue weighted by Gasteiger charge is 2.25. The third-order valence-electron chi connectivity index (χ3n) is 5.12. The van der Waals surface area contributed by atoms with Crippen molar-refractivity contribution in [1.29, 1.82) is 0 Å². The fraction of sp³-hybridized carbons (Fsp3) is 0.208. The second-order valence-corrected chi connectivity index (χ2v) is 9.44. The number of carbonyl (C=O) groups is 1. The Bertz CT molecular complexity index is 1200. The number of halogens is 1. The van der Waals surface area contributed by atoms with Gasteiger partial charge in [0.05, 0.1) is 21.2 Å². The molecule has 32 heavy (non-hydrogen) atoms. The van der Waals surface area contributed by atoms with Crippen LogP contribution in [0.5, 0.6) is 0 Å². The summed E-state index contributed by atoms with van der Waals surface area (Å²) >= 11 is 6.26. The molecule has 0 aromatic heterocycles. The number of para-hydroxylation sites is 1. The Morgan fingerprint density at radius 1 is 0.906 bits per heavy atom. The zero-order valence-corrected chi connectivity index (χ0v) is 19.8. The van der Waals surface area contributed by atoms with E-state index in [1.165, 1.54) is 22.5 Å². The highest BCUT2D eigenvalue weighted by molar-refractivity contribution is 7.92. The van der Waals surface area contributed by atoms with E-state index in [1.807, 2.05) is 43.1 Å². The van der Waals surface area contributed by atoms with Crippen molar-refractivity contribution in [2.75, 3.05) is 34.7 Å². The smallest absolute Gasteiger partial charge is 0.264 e. The Kier molecular flexibility index (Phi) is 7.43. The summed E-state index contributed by atoms with van der Waals surface area (Å²) in [5.41, 5.74) is 2.18. The molecule has 0 bridgehead atoms. The number of hydrogen-bond donors (Lipinski definition) is 1. The SMILES string of the molecule is CCN(C)c1cccc(NC(=O)c2cc(S(=O)(=O)N(CC)c3ccccc3)ccc2Cl)c1. The molecule has 0 unspecified atom stereocenters.